The van der Waals surface area contributed by atoms with Crippen LogP contribution >= 0.6 is 0 Å². The Morgan fingerprint density at radius 2 is 1.60 bits per heavy atom. The van der Waals surface area contributed by atoms with Gasteiger partial charge in [0.05, 0.1) is 0 Å². The smallest absolute Gasteiger partial charge is 0.238 e. The van der Waals surface area contributed by atoms with Gasteiger partial charge in [0.25, 0.3) is 0 Å². The second-order valence-electron chi connectivity index (χ2n) is 6.12. The van der Waals surface area contributed by atoms with Crippen LogP contribution in [0.25, 0.3) is 0 Å². The molecule has 0 unspecified atom stereocenters. The lowest BCUT2D eigenvalue weighted by Gasteiger charge is -2.37. The summed E-state index contributed by atoms with van der Waals surface area (Å²) in [5.74, 6) is 0. The Bertz CT molecular complexity index is 244. The third-order valence-electron chi connectivity index (χ3n) is 3.09. The maximum atomic E-state index is 10.7. The van der Waals surface area contributed by atoms with E-state index in [-0.39, 0.29) is 16.6 Å². The molecule has 0 spiro atoms. The van der Waals surface area contributed by atoms with Crippen molar-refractivity contribution >= 4 is 8.32 Å². The zero-order chi connectivity index (χ0) is 12.5. The highest BCUT2D eigenvalue weighted by Crippen LogP contribution is 2.37. The molecule has 0 aliphatic rings. The Morgan fingerprint density at radius 3 is 1.87 bits per heavy atom. The summed E-state index contributed by atoms with van der Waals surface area (Å²) >= 11 is 0. The van der Waals surface area contributed by atoms with Crippen molar-refractivity contribution in [2.75, 3.05) is 6.61 Å². The molecular formula is C10H23NO3Si. The molecule has 0 heterocycles. The van der Waals surface area contributed by atoms with Gasteiger partial charge in [-0.2, -0.15) is 0 Å². The number of rotatable bonds is 4. The Balaban J connectivity index is 4.47. The van der Waals surface area contributed by atoms with E-state index in [1.807, 2.05) is 0 Å². The van der Waals surface area contributed by atoms with Gasteiger partial charge in [-0.25, -0.2) is 0 Å². The standard InChI is InChI=1S/C10H23NO3Si/c1-9(2,3)15(6,7)14-8-10(4,5)11(12)13/h8H2,1-7H3. The van der Waals surface area contributed by atoms with Gasteiger partial charge in [0.2, 0.25) is 5.54 Å². The predicted octanol–water partition coefficient (Wildman–Crippen LogP) is 3.06. The van der Waals surface area contributed by atoms with Gasteiger partial charge in [0, 0.05) is 18.8 Å². The molecule has 0 saturated heterocycles. The lowest BCUT2D eigenvalue weighted by atomic mass is 10.1. The van der Waals surface area contributed by atoms with Gasteiger partial charge in [-0.3, -0.25) is 10.1 Å². The molecule has 0 atom stereocenters. The maximum Gasteiger partial charge on any atom is 0.238 e. The lowest BCUT2D eigenvalue weighted by Crippen LogP contribution is -2.46. The van der Waals surface area contributed by atoms with Crippen LogP contribution in [0.3, 0.4) is 0 Å². The van der Waals surface area contributed by atoms with E-state index in [0.717, 1.165) is 0 Å². The van der Waals surface area contributed by atoms with Crippen LogP contribution < -0.4 is 0 Å². The molecule has 0 saturated carbocycles. The van der Waals surface area contributed by atoms with E-state index in [4.69, 9.17) is 4.43 Å². The van der Waals surface area contributed by atoms with Gasteiger partial charge in [-0.15, -0.1) is 0 Å². The van der Waals surface area contributed by atoms with Crippen molar-refractivity contribution in [3.8, 4) is 0 Å². The molecule has 90 valence electrons. The zero-order valence-electron chi connectivity index (χ0n) is 10.9. The third kappa shape index (κ3) is 3.91. The summed E-state index contributed by atoms with van der Waals surface area (Å²) in [5, 5.41) is 10.8. The first kappa shape index (κ1) is 14.6. The van der Waals surface area contributed by atoms with Gasteiger partial charge in [0.15, 0.2) is 8.32 Å². The van der Waals surface area contributed by atoms with E-state index in [9.17, 15) is 10.1 Å². The minimum Gasteiger partial charge on any atom is -0.410 e. The van der Waals surface area contributed by atoms with E-state index in [0.29, 0.717) is 0 Å². The molecule has 0 aliphatic heterocycles. The van der Waals surface area contributed by atoms with Crippen LogP contribution in [0.4, 0.5) is 0 Å². The second-order valence-corrected chi connectivity index (χ2v) is 10.9. The molecular weight excluding hydrogens is 210 g/mol. The summed E-state index contributed by atoms with van der Waals surface area (Å²) in [5.41, 5.74) is -0.991. The first-order valence-corrected chi connectivity index (χ1v) is 8.09. The summed E-state index contributed by atoms with van der Waals surface area (Å²) in [6.45, 7) is 14.0. The number of nitro groups is 1. The minimum atomic E-state index is -1.86. The molecule has 4 nitrogen and oxygen atoms in total. The molecule has 0 aromatic heterocycles. The van der Waals surface area contributed by atoms with E-state index >= 15 is 0 Å². The molecule has 0 amide bonds. The van der Waals surface area contributed by atoms with E-state index in [1.54, 1.807) is 13.8 Å². The van der Waals surface area contributed by atoms with Crippen molar-refractivity contribution in [2.45, 2.75) is 58.3 Å². The number of hydrogen-bond acceptors (Lipinski definition) is 3. The SMILES string of the molecule is CC(C)(CO[Si](C)(C)C(C)(C)C)[N+](=O)[O-]. The monoisotopic (exact) mass is 233 g/mol. The predicted molar refractivity (Wildman–Crippen MR) is 64.2 cm³/mol. The van der Waals surface area contributed by atoms with Crippen LogP contribution in [-0.2, 0) is 4.43 Å². The molecule has 0 rings (SSSR count). The summed E-state index contributed by atoms with van der Waals surface area (Å²) in [7, 11) is -1.86. The Kier molecular flexibility index (Phi) is 4.09. The summed E-state index contributed by atoms with van der Waals surface area (Å²) in [6, 6.07) is 0. The third-order valence-corrected chi connectivity index (χ3v) is 7.57. The Hall–Kier alpha value is -0.423. The highest BCUT2D eigenvalue weighted by Gasteiger charge is 2.41. The molecule has 0 bridgehead atoms. The van der Waals surface area contributed by atoms with E-state index in [1.165, 1.54) is 0 Å². The van der Waals surface area contributed by atoms with Gasteiger partial charge >= 0.3 is 0 Å². The molecule has 0 aliphatic carbocycles. The van der Waals surface area contributed by atoms with Crippen LogP contribution in [0.1, 0.15) is 34.6 Å². The van der Waals surface area contributed by atoms with Crippen molar-refractivity contribution in [1.29, 1.82) is 0 Å². The Morgan fingerprint density at radius 1 is 1.20 bits per heavy atom. The molecule has 0 radical (unpaired) electrons. The van der Waals surface area contributed by atoms with Crippen LogP contribution in [-0.4, -0.2) is 25.4 Å². The van der Waals surface area contributed by atoms with Crippen LogP contribution in [0.15, 0.2) is 0 Å². The van der Waals surface area contributed by atoms with Gasteiger partial charge in [-0.05, 0) is 18.1 Å². The highest BCUT2D eigenvalue weighted by atomic mass is 28.4. The fourth-order valence-corrected chi connectivity index (χ4v) is 1.77. The van der Waals surface area contributed by atoms with Crippen molar-refractivity contribution in [3.05, 3.63) is 10.1 Å². The number of nitrogens with zero attached hydrogens (tertiary/aromatic N) is 1. The first-order valence-electron chi connectivity index (χ1n) is 5.19. The van der Waals surface area contributed by atoms with Crippen LogP contribution in [0.2, 0.25) is 18.1 Å². The largest absolute Gasteiger partial charge is 0.410 e. The molecule has 0 N–H and O–H groups in total. The quantitative estimate of drug-likeness (QED) is 0.426. The van der Waals surface area contributed by atoms with Crippen LogP contribution in [0.5, 0.6) is 0 Å². The first-order chi connectivity index (χ1) is 6.40. The molecule has 5 heteroatoms. The van der Waals surface area contributed by atoms with Gasteiger partial charge < -0.3 is 4.43 Å². The summed E-state index contributed by atoms with van der Waals surface area (Å²) < 4.78 is 5.82. The van der Waals surface area contributed by atoms with Crippen molar-refractivity contribution in [2.24, 2.45) is 0 Å². The average molecular weight is 233 g/mol. The van der Waals surface area contributed by atoms with E-state index in [2.05, 4.69) is 33.9 Å². The van der Waals surface area contributed by atoms with Crippen molar-refractivity contribution in [3.63, 3.8) is 0 Å². The second kappa shape index (κ2) is 4.21. The Labute approximate surface area is 93.3 Å². The lowest BCUT2D eigenvalue weighted by molar-refractivity contribution is -0.563. The normalized spacial score (nSPS) is 14.1. The van der Waals surface area contributed by atoms with Gasteiger partial charge in [-0.1, -0.05) is 20.8 Å². The highest BCUT2D eigenvalue weighted by molar-refractivity contribution is 6.74. The van der Waals surface area contributed by atoms with Crippen molar-refractivity contribution in [1.82, 2.24) is 0 Å². The summed E-state index contributed by atoms with van der Waals surface area (Å²) in [6.07, 6.45) is 0. The van der Waals surface area contributed by atoms with Gasteiger partial charge in [0.1, 0.15) is 6.61 Å². The minimum absolute atomic E-state index is 0.0969. The van der Waals surface area contributed by atoms with Crippen LogP contribution in [0, 0.1) is 10.1 Å². The molecule has 0 aromatic carbocycles. The molecule has 15 heavy (non-hydrogen) atoms. The molecule has 0 aromatic rings. The maximum absolute atomic E-state index is 10.7. The number of hydrogen-bond donors (Lipinski definition) is 0. The molecule has 0 fully saturated rings. The fraction of sp³-hybridized carbons (Fsp3) is 1.00. The summed E-state index contributed by atoms with van der Waals surface area (Å²) in [4.78, 5) is 10.5. The van der Waals surface area contributed by atoms with E-state index < -0.39 is 13.9 Å². The topological polar surface area (TPSA) is 52.4 Å². The fourth-order valence-electron chi connectivity index (χ4n) is 0.626. The zero-order valence-corrected chi connectivity index (χ0v) is 11.9. The van der Waals surface area contributed by atoms with Crippen molar-refractivity contribution < 1.29 is 9.35 Å². The average Bonchev–Trinajstić information content (AvgIpc) is 1.99.